The van der Waals surface area contributed by atoms with Crippen LogP contribution in [0, 0.1) is 10.1 Å². The number of hydrogen-bond acceptors (Lipinski definition) is 6. The predicted octanol–water partition coefficient (Wildman–Crippen LogP) is 1.77. The van der Waals surface area contributed by atoms with Crippen molar-refractivity contribution in [3.05, 3.63) is 69.9 Å². The van der Waals surface area contributed by atoms with E-state index in [-0.39, 0.29) is 23.5 Å². The summed E-state index contributed by atoms with van der Waals surface area (Å²) in [5, 5.41) is 15.7. The van der Waals surface area contributed by atoms with Crippen molar-refractivity contribution >= 4 is 28.3 Å². The molecule has 8 nitrogen and oxygen atoms in total. The van der Waals surface area contributed by atoms with Crippen molar-refractivity contribution in [2.24, 2.45) is 5.73 Å². The molecular formula is C16H12N4O4. The second-order valence-corrected chi connectivity index (χ2v) is 4.98. The minimum atomic E-state index is -0.686. The van der Waals surface area contributed by atoms with Crippen LogP contribution in [0.3, 0.4) is 0 Å². The Kier molecular flexibility index (Phi) is 3.88. The number of nitro benzene ring substituents is 1. The lowest BCUT2D eigenvalue weighted by atomic mass is 10.1. The topological polar surface area (TPSA) is 121 Å². The predicted molar refractivity (Wildman–Crippen MR) is 85.9 cm³/mol. The van der Waals surface area contributed by atoms with Gasteiger partial charge in [-0.05, 0) is 12.1 Å². The van der Waals surface area contributed by atoms with Gasteiger partial charge in [0, 0.05) is 11.5 Å². The van der Waals surface area contributed by atoms with Gasteiger partial charge in [0.25, 0.3) is 11.6 Å². The Morgan fingerprint density at radius 1 is 1.12 bits per heavy atom. The number of carbonyl (C=O) groups excluding carboxylic acids is 2. The zero-order chi connectivity index (χ0) is 17.3. The van der Waals surface area contributed by atoms with Gasteiger partial charge >= 0.3 is 0 Å². The Labute approximate surface area is 135 Å². The molecule has 3 aromatic rings. The summed E-state index contributed by atoms with van der Waals surface area (Å²) in [6.07, 6.45) is 0. The van der Waals surface area contributed by atoms with Gasteiger partial charge in [0.05, 0.1) is 17.0 Å². The van der Waals surface area contributed by atoms with E-state index in [1.807, 2.05) is 0 Å². The standard InChI is InChI=1S/C16H12N4O4/c17-9-14(21)15-10-5-1-3-7-12(10)19(18-15)16(22)11-6-2-4-8-13(11)20(23)24/h1-8H,9,17H2. The second-order valence-electron chi connectivity index (χ2n) is 4.98. The number of nitro groups is 1. The third kappa shape index (κ3) is 2.44. The van der Waals surface area contributed by atoms with E-state index in [4.69, 9.17) is 5.73 Å². The zero-order valence-electron chi connectivity index (χ0n) is 12.4. The number of aromatic nitrogens is 2. The van der Waals surface area contributed by atoms with Crippen LogP contribution < -0.4 is 5.73 Å². The number of nitrogens with two attached hydrogens (primary N) is 1. The fraction of sp³-hybridized carbons (Fsp3) is 0.0625. The Balaban J connectivity index is 2.22. The number of fused-ring (bicyclic) bond motifs is 1. The molecule has 0 unspecified atom stereocenters. The van der Waals surface area contributed by atoms with Crippen LogP contribution in [0.4, 0.5) is 5.69 Å². The molecule has 0 radical (unpaired) electrons. The highest BCUT2D eigenvalue weighted by atomic mass is 16.6. The summed E-state index contributed by atoms with van der Waals surface area (Å²) < 4.78 is 1.00. The molecule has 0 saturated heterocycles. The summed E-state index contributed by atoms with van der Waals surface area (Å²) >= 11 is 0. The molecule has 0 bridgehead atoms. The van der Waals surface area contributed by atoms with E-state index in [0.717, 1.165) is 4.68 Å². The highest BCUT2D eigenvalue weighted by Gasteiger charge is 2.25. The van der Waals surface area contributed by atoms with Gasteiger partial charge in [-0.15, -0.1) is 0 Å². The Morgan fingerprint density at radius 3 is 2.50 bits per heavy atom. The van der Waals surface area contributed by atoms with Gasteiger partial charge in [-0.3, -0.25) is 19.7 Å². The van der Waals surface area contributed by atoms with Gasteiger partial charge in [-0.1, -0.05) is 30.3 Å². The Hall–Kier alpha value is -3.39. The van der Waals surface area contributed by atoms with Gasteiger partial charge in [0.2, 0.25) is 0 Å². The highest BCUT2D eigenvalue weighted by molar-refractivity contribution is 6.11. The number of Topliss-reactive ketones (excluding diaryl/α,β-unsaturated/α-hetero) is 1. The van der Waals surface area contributed by atoms with Gasteiger partial charge in [0.1, 0.15) is 11.3 Å². The summed E-state index contributed by atoms with van der Waals surface area (Å²) in [6, 6.07) is 12.2. The molecule has 3 rings (SSSR count). The molecule has 1 aromatic heterocycles. The molecular weight excluding hydrogens is 312 g/mol. The number of rotatable bonds is 4. The molecule has 1 heterocycles. The fourth-order valence-electron chi connectivity index (χ4n) is 2.45. The van der Waals surface area contributed by atoms with Gasteiger partial charge in [0.15, 0.2) is 5.78 Å². The van der Waals surface area contributed by atoms with Crippen LogP contribution >= 0.6 is 0 Å². The molecule has 0 aliphatic heterocycles. The molecule has 0 aliphatic carbocycles. The van der Waals surface area contributed by atoms with E-state index in [9.17, 15) is 19.7 Å². The van der Waals surface area contributed by atoms with Crippen molar-refractivity contribution in [2.45, 2.75) is 0 Å². The number of carbonyl (C=O) groups is 2. The third-order valence-corrected chi connectivity index (χ3v) is 3.56. The van der Waals surface area contributed by atoms with E-state index in [1.54, 1.807) is 24.3 Å². The minimum Gasteiger partial charge on any atom is -0.324 e. The lowest BCUT2D eigenvalue weighted by Crippen LogP contribution is -2.18. The van der Waals surface area contributed by atoms with Crippen LogP contribution in [0.15, 0.2) is 48.5 Å². The van der Waals surface area contributed by atoms with Crippen molar-refractivity contribution in [3.63, 3.8) is 0 Å². The molecule has 0 aliphatic rings. The Bertz CT molecular complexity index is 977. The Morgan fingerprint density at radius 2 is 1.79 bits per heavy atom. The summed E-state index contributed by atoms with van der Waals surface area (Å²) in [6.45, 7) is -0.249. The maximum Gasteiger partial charge on any atom is 0.285 e. The normalized spacial score (nSPS) is 10.7. The smallest absolute Gasteiger partial charge is 0.285 e. The van der Waals surface area contributed by atoms with Gasteiger partial charge < -0.3 is 5.73 Å². The first kappa shape index (κ1) is 15.5. The maximum atomic E-state index is 12.8. The van der Waals surface area contributed by atoms with Gasteiger partial charge in [-0.25, -0.2) is 0 Å². The van der Waals surface area contributed by atoms with Gasteiger partial charge in [-0.2, -0.15) is 9.78 Å². The molecule has 24 heavy (non-hydrogen) atoms. The lowest BCUT2D eigenvalue weighted by Gasteiger charge is -2.03. The highest BCUT2D eigenvalue weighted by Crippen LogP contribution is 2.23. The third-order valence-electron chi connectivity index (χ3n) is 3.56. The summed E-state index contributed by atoms with van der Waals surface area (Å²) in [5.41, 5.74) is 5.40. The first-order valence-electron chi connectivity index (χ1n) is 7.03. The van der Waals surface area contributed by atoms with Crippen LogP contribution in [0.1, 0.15) is 20.8 Å². The first-order chi connectivity index (χ1) is 11.5. The SMILES string of the molecule is NCC(=O)c1nn(C(=O)c2ccccc2[N+](=O)[O-])c2ccccc12. The fourth-order valence-corrected chi connectivity index (χ4v) is 2.45. The number of ketones is 1. The van der Waals surface area contributed by atoms with E-state index >= 15 is 0 Å². The van der Waals surface area contributed by atoms with Crippen LogP contribution in [0.2, 0.25) is 0 Å². The largest absolute Gasteiger partial charge is 0.324 e. The van der Waals surface area contributed by atoms with E-state index in [2.05, 4.69) is 5.10 Å². The van der Waals surface area contributed by atoms with E-state index in [1.165, 1.54) is 24.3 Å². The van der Waals surface area contributed by atoms with Crippen molar-refractivity contribution in [3.8, 4) is 0 Å². The molecule has 8 heteroatoms. The average molecular weight is 324 g/mol. The molecule has 0 saturated carbocycles. The quantitative estimate of drug-likeness (QED) is 0.443. The van der Waals surface area contributed by atoms with Crippen LogP contribution in [0.25, 0.3) is 10.9 Å². The molecule has 0 fully saturated rings. The van der Waals surface area contributed by atoms with Crippen LogP contribution in [-0.4, -0.2) is 32.9 Å². The van der Waals surface area contributed by atoms with Crippen molar-refractivity contribution in [1.29, 1.82) is 0 Å². The first-order valence-corrected chi connectivity index (χ1v) is 7.03. The summed E-state index contributed by atoms with van der Waals surface area (Å²) in [4.78, 5) is 35.2. The van der Waals surface area contributed by atoms with Crippen molar-refractivity contribution < 1.29 is 14.5 Å². The number of hydrogen-bond donors (Lipinski definition) is 1. The zero-order valence-corrected chi connectivity index (χ0v) is 12.4. The monoisotopic (exact) mass is 324 g/mol. The molecule has 2 aromatic carbocycles. The van der Waals surface area contributed by atoms with Crippen molar-refractivity contribution in [2.75, 3.05) is 6.54 Å². The second kappa shape index (κ2) is 6.01. The number of benzene rings is 2. The van der Waals surface area contributed by atoms with Crippen LogP contribution in [0.5, 0.6) is 0 Å². The minimum absolute atomic E-state index is 0.0695. The summed E-state index contributed by atoms with van der Waals surface area (Å²) in [5.74, 6) is -1.10. The van der Waals surface area contributed by atoms with Crippen LogP contribution in [-0.2, 0) is 0 Å². The van der Waals surface area contributed by atoms with E-state index in [0.29, 0.717) is 10.9 Å². The van der Waals surface area contributed by atoms with Crippen molar-refractivity contribution in [1.82, 2.24) is 9.78 Å². The molecule has 120 valence electrons. The molecule has 0 amide bonds. The maximum absolute atomic E-state index is 12.8. The molecule has 0 spiro atoms. The average Bonchev–Trinajstić information content (AvgIpc) is 3.00. The number of para-hydroxylation sites is 2. The molecule has 0 atom stereocenters. The van der Waals surface area contributed by atoms with E-state index < -0.39 is 16.6 Å². The number of nitrogens with zero attached hydrogens (tertiary/aromatic N) is 3. The lowest BCUT2D eigenvalue weighted by molar-refractivity contribution is -0.385. The molecule has 2 N–H and O–H groups in total. The summed E-state index contributed by atoms with van der Waals surface area (Å²) in [7, 11) is 0.